The zero-order valence-corrected chi connectivity index (χ0v) is 11.3. The molecular formula is C12H16Cl2FNO. The van der Waals surface area contributed by atoms with Gasteiger partial charge in [-0.1, -0.05) is 23.7 Å². The van der Waals surface area contributed by atoms with E-state index in [9.17, 15) is 4.39 Å². The highest BCUT2D eigenvalue weighted by molar-refractivity contribution is 6.31. The highest BCUT2D eigenvalue weighted by atomic mass is 35.5. The SMILES string of the molecule is COCCN(CCCl)Cc1cccc(F)c1Cl. The lowest BCUT2D eigenvalue weighted by Gasteiger charge is -2.21. The second-order valence-corrected chi connectivity index (χ2v) is 4.43. The maximum atomic E-state index is 13.3. The minimum atomic E-state index is -0.387. The lowest BCUT2D eigenvalue weighted by atomic mass is 10.2. The maximum absolute atomic E-state index is 13.3. The van der Waals surface area contributed by atoms with Crippen molar-refractivity contribution in [2.24, 2.45) is 0 Å². The van der Waals surface area contributed by atoms with Crippen LogP contribution in [0, 0.1) is 5.82 Å². The Morgan fingerprint density at radius 2 is 2.12 bits per heavy atom. The predicted octanol–water partition coefficient (Wildman–Crippen LogP) is 3.17. The van der Waals surface area contributed by atoms with Crippen molar-refractivity contribution in [3.8, 4) is 0 Å². The summed E-state index contributed by atoms with van der Waals surface area (Å²) < 4.78 is 18.3. The zero-order chi connectivity index (χ0) is 12.7. The van der Waals surface area contributed by atoms with Crippen LogP contribution in [0.4, 0.5) is 4.39 Å². The fourth-order valence-electron chi connectivity index (χ4n) is 1.52. The van der Waals surface area contributed by atoms with E-state index in [0.717, 1.165) is 18.7 Å². The molecule has 0 amide bonds. The Labute approximate surface area is 111 Å². The van der Waals surface area contributed by atoms with Gasteiger partial charge in [0.1, 0.15) is 5.82 Å². The van der Waals surface area contributed by atoms with Crippen LogP contribution >= 0.6 is 23.2 Å². The van der Waals surface area contributed by atoms with E-state index in [4.69, 9.17) is 27.9 Å². The third-order valence-corrected chi connectivity index (χ3v) is 3.03. The van der Waals surface area contributed by atoms with Gasteiger partial charge in [0, 0.05) is 32.6 Å². The van der Waals surface area contributed by atoms with E-state index in [1.54, 1.807) is 13.2 Å². The molecule has 0 unspecified atom stereocenters. The number of halogens is 3. The normalized spacial score (nSPS) is 11.1. The zero-order valence-electron chi connectivity index (χ0n) is 9.76. The number of nitrogens with zero attached hydrogens (tertiary/aromatic N) is 1. The summed E-state index contributed by atoms with van der Waals surface area (Å²) >= 11 is 11.6. The molecule has 0 radical (unpaired) electrons. The van der Waals surface area contributed by atoms with Crippen LogP contribution in [0.5, 0.6) is 0 Å². The predicted molar refractivity (Wildman–Crippen MR) is 69.3 cm³/mol. The van der Waals surface area contributed by atoms with E-state index < -0.39 is 0 Å². The van der Waals surface area contributed by atoms with E-state index in [1.165, 1.54) is 6.07 Å². The second kappa shape index (κ2) is 7.88. The molecule has 0 N–H and O–H groups in total. The van der Waals surface area contributed by atoms with Crippen molar-refractivity contribution >= 4 is 23.2 Å². The van der Waals surface area contributed by atoms with Gasteiger partial charge in [-0.25, -0.2) is 4.39 Å². The van der Waals surface area contributed by atoms with Gasteiger partial charge in [-0.2, -0.15) is 0 Å². The van der Waals surface area contributed by atoms with Crippen molar-refractivity contribution in [2.75, 3.05) is 32.7 Å². The quantitative estimate of drug-likeness (QED) is 0.711. The Bertz CT molecular complexity index is 349. The largest absolute Gasteiger partial charge is 0.383 e. The van der Waals surface area contributed by atoms with Gasteiger partial charge in [-0.3, -0.25) is 4.90 Å². The minimum Gasteiger partial charge on any atom is -0.383 e. The lowest BCUT2D eigenvalue weighted by Crippen LogP contribution is -2.29. The summed E-state index contributed by atoms with van der Waals surface area (Å²) in [5.74, 6) is 0.137. The number of hydrogen-bond acceptors (Lipinski definition) is 2. The molecule has 2 nitrogen and oxygen atoms in total. The van der Waals surface area contributed by atoms with Gasteiger partial charge in [0.2, 0.25) is 0 Å². The van der Waals surface area contributed by atoms with Crippen molar-refractivity contribution in [3.05, 3.63) is 34.6 Å². The highest BCUT2D eigenvalue weighted by Crippen LogP contribution is 2.21. The molecule has 0 aliphatic rings. The summed E-state index contributed by atoms with van der Waals surface area (Å²) in [7, 11) is 1.65. The van der Waals surface area contributed by atoms with Crippen LogP contribution in [0.3, 0.4) is 0 Å². The molecule has 1 rings (SSSR count). The molecule has 0 aliphatic heterocycles. The fourth-order valence-corrected chi connectivity index (χ4v) is 1.95. The summed E-state index contributed by atoms with van der Waals surface area (Å²) in [6, 6.07) is 4.83. The molecule has 0 heterocycles. The van der Waals surface area contributed by atoms with Gasteiger partial charge < -0.3 is 4.74 Å². The molecule has 0 bridgehead atoms. The first-order chi connectivity index (χ1) is 8.19. The first-order valence-electron chi connectivity index (χ1n) is 5.39. The van der Waals surface area contributed by atoms with E-state index in [-0.39, 0.29) is 10.8 Å². The number of rotatable bonds is 7. The highest BCUT2D eigenvalue weighted by Gasteiger charge is 2.10. The monoisotopic (exact) mass is 279 g/mol. The Morgan fingerprint density at radius 1 is 1.35 bits per heavy atom. The number of alkyl halides is 1. The second-order valence-electron chi connectivity index (χ2n) is 3.67. The Hall–Kier alpha value is -0.350. The van der Waals surface area contributed by atoms with E-state index in [2.05, 4.69) is 4.90 Å². The Balaban J connectivity index is 2.67. The first kappa shape index (κ1) is 14.7. The van der Waals surface area contributed by atoms with Crippen molar-refractivity contribution in [2.45, 2.75) is 6.54 Å². The maximum Gasteiger partial charge on any atom is 0.142 e. The van der Waals surface area contributed by atoms with Crippen LogP contribution in [-0.2, 0) is 11.3 Å². The average Bonchev–Trinajstić information content (AvgIpc) is 2.32. The summed E-state index contributed by atoms with van der Waals surface area (Å²) in [6.07, 6.45) is 0. The van der Waals surface area contributed by atoms with Crippen molar-refractivity contribution in [1.82, 2.24) is 4.90 Å². The molecule has 0 saturated heterocycles. The lowest BCUT2D eigenvalue weighted by molar-refractivity contribution is 0.148. The van der Waals surface area contributed by atoms with Crippen LogP contribution in [-0.4, -0.2) is 37.6 Å². The number of benzene rings is 1. The number of methoxy groups -OCH3 is 1. The molecule has 1 aromatic carbocycles. The molecule has 0 spiro atoms. The molecule has 17 heavy (non-hydrogen) atoms. The van der Waals surface area contributed by atoms with Crippen LogP contribution in [0.1, 0.15) is 5.56 Å². The van der Waals surface area contributed by atoms with Gasteiger partial charge in [0.05, 0.1) is 11.6 Å². The topological polar surface area (TPSA) is 12.5 Å². The van der Waals surface area contributed by atoms with Gasteiger partial charge >= 0.3 is 0 Å². The van der Waals surface area contributed by atoms with Gasteiger partial charge in [0.15, 0.2) is 0 Å². The van der Waals surface area contributed by atoms with Gasteiger partial charge in [0.25, 0.3) is 0 Å². The van der Waals surface area contributed by atoms with Crippen molar-refractivity contribution in [1.29, 1.82) is 0 Å². The van der Waals surface area contributed by atoms with Crippen molar-refractivity contribution < 1.29 is 9.13 Å². The van der Waals surface area contributed by atoms with Gasteiger partial charge in [-0.15, -0.1) is 11.6 Å². The molecule has 5 heteroatoms. The third kappa shape index (κ3) is 4.80. The van der Waals surface area contributed by atoms with Crippen LogP contribution in [0.25, 0.3) is 0 Å². The summed E-state index contributed by atoms with van der Waals surface area (Å²) in [6.45, 7) is 2.66. The Morgan fingerprint density at radius 3 is 2.76 bits per heavy atom. The molecule has 0 aliphatic carbocycles. The van der Waals surface area contributed by atoms with Crippen LogP contribution < -0.4 is 0 Å². The molecule has 96 valence electrons. The van der Waals surface area contributed by atoms with Crippen molar-refractivity contribution in [3.63, 3.8) is 0 Å². The molecule has 0 atom stereocenters. The smallest absolute Gasteiger partial charge is 0.142 e. The molecule has 1 aromatic rings. The fraction of sp³-hybridized carbons (Fsp3) is 0.500. The number of hydrogen-bond donors (Lipinski definition) is 0. The molecule has 0 saturated carbocycles. The van der Waals surface area contributed by atoms with E-state index in [1.807, 2.05) is 6.07 Å². The summed E-state index contributed by atoms with van der Waals surface area (Å²) in [4.78, 5) is 2.08. The average molecular weight is 280 g/mol. The third-order valence-electron chi connectivity index (χ3n) is 2.44. The van der Waals surface area contributed by atoms with Crippen LogP contribution in [0.15, 0.2) is 18.2 Å². The first-order valence-corrected chi connectivity index (χ1v) is 6.30. The van der Waals surface area contributed by atoms with E-state index >= 15 is 0 Å². The number of ether oxygens (including phenoxy) is 1. The molecule has 0 fully saturated rings. The standard InChI is InChI=1S/C12H16Cl2FNO/c1-17-8-7-16(6-5-13)9-10-3-2-4-11(15)12(10)14/h2-4H,5-9H2,1H3. The van der Waals surface area contributed by atoms with Crippen LogP contribution in [0.2, 0.25) is 5.02 Å². The minimum absolute atomic E-state index is 0.185. The molecule has 0 aromatic heterocycles. The Kier molecular flexibility index (Phi) is 6.82. The van der Waals surface area contributed by atoms with E-state index in [0.29, 0.717) is 19.0 Å². The van der Waals surface area contributed by atoms with Gasteiger partial charge in [-0.05, 0) is 11.6 Å². The summed E-state index contributed by atoms with van der Waals surface area (Å²) in [5.41, 5.74) is 0.771. The summed E-state index contributed by atoms with van der Waals surface area (Å²) in [5, 5.41) is 0.185. The molecular weight excluding hydrogens is 264 g/mol.